The number of nitrogen functional groups attached to an aromatic ring is 1. The van der Waals surface area contributed by atoms with E-state index in [9.17, 15) is 4.79 Å². The van der Waals surface area contributed by atoms with Crippen molar-refractivity contribution in [3.63, 3.8) is 0 Å². The Morgan fingerprint density at radius 2 is 1.78 bits per heavy atom. The summed E-state index contributed by atoms with van der Waals surface area (Å²) in [4.78, 5) is 24.4. The summed E-state index contributed by atoms with van der Waals surface area (Å²) in [5.41, 5.74) is 9.44. The maximum absolute atomic E-state index is 13.5. The highest BCUT2D eigenvalue weighted by Crippen LogP contribution is 2.57. The summed E-state index contributed by atoms with van der Waals surface area (Å²) in [6, 6.07) is 2.01. The molecule has 1 saturated heterocycles. The van der Waals surface area contributed by atoms with Crippen LogP contribution in [-0.4, -0.2) is 59.5 Å². The number of nitrogens with zero attached hydrogens (tertiary/aromatic N) is 3. The van der Waals surface area contributed by atoms with E-state index in [1.807, 2.05) is 17.9 Å². The fourth-order valence-corrected chi connectivity index (χ4v) is 8.90. The van der Waals surface area contributed by atoms with Crippen molar-refractivity contribution >= 4 is 33.1 Å². The van der Waals surface area contributed by atoms with Crippen LogP contribution < -0.4 is 5.73 Å². The largest absolute Gasteiger partial charge is 0.397 e. The average molecular weight is 455 g/mol. The van der Waals surface area contributed by atoms with Crippen LogP contribution in [0.5, 0.6) is 0 Å². The first-order valence-corrected chi connectivity index (χ1v) is 13.0. The number of thiophene rings is 1. The molecule has 4 saturated carbocycles. The Labute approximate surface area is 194 Å². The van der Waals surface area contributed by atoms with Gasteiger partial charge < -0.3 is 15.4 Å². The van der Waals surface area contributed by atoms with Crippen LogP contribution in [0.15, 0.2) is 6.07 Å². The van der Waals surface area contributed by atoms with Gasteiger partial charge >= 0.3 is 0 Å². The zero-order chi connectivity index (χ0) is 22.0. The van der Waals surface area contributed by atoms with E-state index >= 15 is 0 Å². The van der Waals surface area contributed by atoms with Gasteiger partial charge in [0, 0.05) is 49.9 Å². The minimum atomic E-state index is 0.0664. The number of carbonyl (C=O) groups excluding carboxylic acids is 1. The standard InChI is InChI=1S/C25H34N4O2S/c1-15-7-19(14-31-2)20-21(26)22(32-23(20)27-15)24(30)28-3-5-29(6-4-28)25-11-16-8-17(12-25)10-18(9-16)13-25/h7,16-18H,3-6,8-14,26H2,1-2H3. The van der Waals surface area contributed by atoms with Crippen LogP contribution in [0, 0.1) is 24.7 Å². The van der Waals surface area contributed by atoms with Gasteiger partial charge in [-0.25, -0.2) is 4.98 Å². The molecule has 3 heterocycles. The number of rotatable bonds is 4. The van der Waals surface area contributed by atoms with Crippen LogP contribution in [0.4, 0.5) is 5.69 Å². The highest BCUT2D eigenvalue weighted by molar-refractivity contribution is 7.21. The summed E-state index contributed by atoms with van der Waals surface area (Å²) in [6.45, 7) is 6.03. The average Bonchev–Trinajstić information content (AvgIpc) is 3.09. The quantitative estimate of drug-likeness (QED) is 0.754. The zero-order valence-electron chi connectivity index (χ0n) is 19.2. The van der Waals surface area contributed by atoms with Crippen LogP contribution in [0.3, 0.4) is 0 Å². The zero-order valence-corrected chi connectivity index (χ0v) is 20.0. The van der Waals surface area contributed by atoms with Crippen LogP contribution in [0.25, 0.3) is 10.2 Å². The van der Waals surface area contributed by atoms with Crippen LogP contribution in [0.2, 0.25) is 0 Å². The van der Waals surface area contributed by atoms with Crippen molar-refractivity contribution in [1.82, 2.24) is 14.8 Å². The highest BCUT2D eigenvalue weighted by atomic mass is 32.1. The van der Waals surface area contributed by atoms with Gasteiger partial charge in [-0.2, -0.15) is 0 Å². The van der Waals surface area contributed by atoms with Crippen molar-refractivity contribution in [2.24, 2.45) is 17.8 Å². The molecule has 6 nitrogen and oxygen atoms in total. The molecule has 4 aliphatic carbocycles. The molecular weight excluding hydrogens is 420 g/mol. The summed E-state index contributed by atoms with van der Waals surface area (Å²) in [5, 5.41) is 0.887. The normalized spacial score (nSPS) is 32.2. The van der Waals surface area contributed by atoms with Crippen LogP contribution in [0.1, 0.15) is 59.5 Å². The Bertz CT molecular complexity index is 1020. The molecule has 0 atom stereocenters. The summed E-state index contributed by atoms with van der Waals surface area (Å²) >= 11 is 1.43. The molecule has 0 spiro atoms. The maximum Gasteiger partial charge on any atom is 0.266 e. The van der Waals surface area contributed by atoms with Gasteiger partial charge in [-0.05, 0) is 74.8 Å². The second kappa shape index (κ2) is 7.67. The molecule has 2 aromatic heterocycles. The first kappa shape index (κ1) is 20.9. The lowest BCUT2D eigenvalue weighted by molar-refractivity contribution is -0.0986. The number of anilines is 1. The number of aryl methyl sites for hydroxylation is 1. The molecular formula is C25H34N4O2S. The summed E-state index contributed by atoms with van der Waals surface area (Å²) < 4.78 is 5.36. The van der Waals surface area contributed by atoms with Crippen molar-refractivity contribution in [3.8, 4) is 0 Å². The summed E-state index contributed by atoms with van der Waals surface area (Å²) in [6.07, 6.45) is 8.60. The predicted octanol–water partition coefficient (Wildman–Crippen LogP) is 4.06. The second-order valence-electron chi connectivity index (χ2n) is 10.8. The van der Waals surface area contributed by atoms with Crippen LogP contribution in [-0.2, 0) is 11.3 Å². The second-order valence-corrected chi connectivity index (χ2v) is 11.8. The topological polar surface area (TPSA) is 71.7 Å². The molecule has 1 amide bonds. The molecule has 172 valence electrons. The number of ether oxygens (including phenoxy) is 1. The molecule has 0 aromatic carbocycles. The van der Waals surface area contributed by atoms with Crippen molar-refractivity contribution in [1.29, 1.82) is 0 Å². The monoisotopic (exact) mass is 454 g/mol. The van der Waals surface area contributed by atoms with E-state index in [1.54, 1.807) is 7.11 Å². The molecule has 5 aliphatic rings. The van der Waals surface area contributed by atoms with Crippen molar-refractivity contribution in [3.05, 3.63) is 22.2 Å². The van der Waals surface area contributed by atoms with E-state index in [4.69, 9.17) is 10.5 Å². The lowest BCUT2D eigenvalue weighted by atomic mass is 9.52. The lowest BCUT2D eigenvalue weighted by Gasteiger charge is -2.61. The van der Waals surface area contributed by atoms with Gasteiger partial charge in [0.05, 0.1) is 12.3 Å². The third kappa shape index (κ3) is 3.27. The fourth-order valence-electron chi connectivity index (χ4n) is 7.75. The molecule has 2 N–H and O–H groups in total. The van der Waals surface area contributed by atoms with Gasteiger partial charge in [0.2, 0.25) is 0 Å². The minimum absolute atomic E-state index is 0.0664. The maximum atomic E-state index is 13.5. The van der Waals surface area contributed by atoms with E-state index in [1.165, 1.54) is 49.9 Å². The van der Waals surface area contributed by atoms with Gasteiger partial charge in [-0.1, -0.05) is 0 Å². The van der Waals surface area contributed by atoms with E-state index in [0.717, 1.165) is 65.4 Å². The Hall–Kier alpha value is -1.70. The molecule has 32 heavy (non-hydrogen) atoms. The predicted molar refractivity (Wildman–Crippen MR) is 128 cm³/mol. The molecule has 5 fully saturated rings. The number of pyridine rings is 1. The summed E-state index contributed by atoms with van der Waals surface area (Å²) in [5.74, 6) is 2.93. The van der Waals surface area contributed by atoms with Crippen molar-refractivity contribution < 1.29 is 9.53 Å². The number of hydrogen-bond acceptors (Lipinski definition) is 6. The Morgan fingerprint density at radius 1 is 1.16 bits per heavy atom. The lowest BCUT2D eigenvalue weighted by Crippen LogP contribution is -2.64. The molecule has 7 rings (SSSR count). The number of hydrogen-bond donors (Lipinski definition) is 1. The SMILES string of the molecule is COCc1cc(C)nc2sc(C(=O)N3CCN(C45CC6CC(CC(C6)C4)C5)CC3)c(N)c12. The molecule has 0 unspecified atom stereocenters. The van der Waals surface area contributed by atoms with E-state index in [-0.39, 0.29) is 5.91 Å². The summed E-state index contributed by atoms with van der Waals surface area (Å²) in [7, 11) is 1.68. The van der Waals surface area contributed by atoms with Crippen LogP contribution >= 0.6 is 11.3 Å². The number of nitrogens with two attached hydrogens (primary N) is 1. The van der Waals surface area contributed by atoms with E-state index in [2.05, 4.69) is 9.88 Å². The number of methoxy groups -OCH3 is 1. The van der Waals surface area contributed by atoms with Crippen molar-refractivity contribution in [2.45, 2.75) is 57.6 Å². The van der Waals surface area contributed by atoms with Gasteiger partial charge in [0.25, 0.3) is 5.91 Å². The van der Waals surface area contributed by atoms with E-state index < -0.39 is 0 Å². The van der Waals surface area contributed by atoms with Gasteiger partial charge in [-0.3, -0.25) is 9.69 Å². The molecule has 4 bridgehead atoms. The molecule has 0 radical (unpaired) electrons. The first-order valence-electron chi connectivity index (χ1n) is 12.2. The highest BCUT2D eigenvalue weighted by Gasteiger charge is 2.53. The van der Waals surface area contributed by atoms with Gasteiger partial charge in [0.1, 0.15) is 9.71 Å². The van der Waals surface area contributed by atoms with Crippen molar-refractivity contribution in [2.75, 3.05) is 39.0 Å². The molecule has 2 aromatic rings. The Balaban J connectivity index is 1.20. The smallest absolute Gasteiger partial charge is 0.266 e. The Kier molecular flexibility index (Phi) is 5.01. The number of fused-ring (bicyclic) bond motifs is 1. The van der Waals surface area contributed by atoms with Gasteiger partial charge in [0.15, 0.2) is 0 Å². The Morgan fingerprint density at radius 3 is 2.38 bits per heavy atom. The third-order valence-corrected chi connectivity index (χ3v) is 9.73. The van der Waals surface area contributed by atoms with Gasteiger partial charge in [-0.15, -0.1) is 11.3 Å². The minimum Gasteiger partial charge on any atom is -0.397 e. The number of piperazine rings is 1. The van der Waals surface area contributed by atoms with E-state index in [0.29, 0.717) is 22.7 Å². The third-order valence-electron chi connectivity index (χ3n) is 8.65. The molecule has 7 heteroatoms. The number of aromatic nitrogens is 1. The first-order chi connectivity index (χ1) is 15.5. The molecule has 1 aliphatic heterocycles. The number of amides is 1. The number of carbonyl (C=O) groups is 1. The fraction of sp³-hybridized carbons (Fsp3) is 0.680.